The normalized spacial score (nSPS) is 12.7. The number of allylic oxidation sites excluding steroid dienone is 16. The third-order valence-electron chi connectivity index (χ3n) is 13.8. The van der Waals surface area contributed by atoms with Gasteiger partial charge in [0.25, 0.3) is 0 Å². The minimum Gasteiger partial charge on any atom is -0.462 e. The first-order valence-corrected chi connectivity index (χ1v) is 32.2. The monoisotopic (exact) mass is 1060 g/mol. The highest BCUT2D eigenvalue weighted by atomic mass is 16.6. The van der Waals surface area contributed by atoms with Crippen LogP contribution in [0.4, 0.5) is 0 Å². The predicted molar refractivity (Wildman–Crippen MR) is 330 cm³/mol. The summed E-state index contributed by atoms with van der Waals surface area (Å²) in [6.45, 7) is 6.47. The van der Waals surface area contributed by atoms with Crippen molar-refractivity contribution in [2.45, 2.75) is 316 Å². The van der Waals surface area contributed by atoms with E-state index in [1.807, 2.05) is 0 Å². The second-order valence-corrected chi connectivity index (χ2v) is 21.3. The lowest BCUT2D eigenvalue weighted by molar-refractivity contribution is -0.167. The summed E-state index contributed by atoms with van der Waals surface area (Å²) in [4.78, 5) is 38.2. The average Bonchev–Trinajstić information content (AvgIpc) is 3.42. The molecule has 0 N–H and O–H groups in total. The summed E-state index contributed by atoms with van der Waals surface area (Å²) >= 11 is 0. The van der Waals surface area contributed by atoms with Gasteiger partial charge in [-0.1, -0.05) is 272 Å². The van der Waals surface area contributed by atoms with Crippen LogP contribution in [0.1, 0.15) is 310 Å². The number of esters is 3. The zero-order valence-electron chi connectivity index (χ0n) is 50.0. The summed E-state index contributed by atoms with van der Waals surface area (Å²) in [5.74, 6) is -0.890. The van der Waals surface area contributed by atoms with Crippen molar-refractivity contribution in [2.24, 2.45) is 0 Å². The van der Waals surface area contributed by atoms with E-state index in [1.165, 1.54) is 161 Å². The zero-order valence-corrected chi connectivity index (χ0v) is 50.0. The predicted octanol–water partition coefficient (Wildman–Crippen LogP) is 22.0. The summed E-state index contributed by atoms with van der Waals surface area (Å²) in [7, 11) is 0. The van der Waals surface area contributed by atoms with E-state index >= 15 is 0 Å². The number of hydrogen-bond donors (Lipinski definition) is 0. The smallest absolute Gasteiger partial charge is 0.306 e. The quantitative estimate of drug-likeness (QED) is 0.0261. The molecule has 76 heavy (non-hydrogen) atoms. The van der Waals surface area contributed by atoms with Crippen molar-refractivity contribution in [3.8, 4) is 0 Å². The molecule has 436 valence electrons. The molecule has 0 saturated carbocycles. The molecule has 0 aliphatic carbocycles. The molecule has 0 rings (SSSR count). The molecule has 0 fully saturated rings. The molecule has 0 amide bonds. The van der Waals surface area contributed by atoms with E-state index in [4.69, 9.17) is 14.2 Å². The zero-order chi connectivity index (χ0) is 55.0. The van der Waals surface area contributed by atoms with Gasteiger partial charge in [-0.05, 0) is 116 Å². The van der Waals surface area contributed by atoms with Crippen LogP contribution in [-0.2, 0) is 28.6 Å². The second-order valence-electron chi connectivity index (χ2n) is 21.3. The molecule has 0 spiro atoms. The van der Waals surface area contributed by atoms with Crippen molar-refractivity contribution in [1.82, 2.24) is 0 Å². The molecule has 0 saturated heterocycles. The molecule has 6 nitrogen and oxygen atoms in total. The Morgan fingerprint density at radius 1 is 0.276 bits per heavy atom. The lowest BCUT2D eigenvalue weighted by Crippen LogP contribution is -2.30. The summed E-state index contributed by atoms with van der Waals surface area (Å²) in [6.07, 6.45) is 85.7. The maximum Gasteiger partial charge on any atom is 0.306 e. The summed E-state index contributed by atoms with van der Waals surface area (Å²) < 4.78 is 16.9. The SMILES string of the molecule is CC/C=C\C/C=C\C/C=C\C/C=C\C/C=C\C/C=C\CCCCCCCCCCCCCCC(=O)OCC(COC(=O)CCCCCCC/C=C\CCC)OC(=O)CCCCCCCCC/C=C\CCCCCCCC. The lowest BCUT2D eigenvalue weighted by Gasteiger charge is -2.18. The van der Waals surface area contributed by atoms with Crippen LogP contribution in [0.2, 0.25) is 0 Å². The van der Waals surface area contributed by atoms with Gasteiger partial charge in [0.05, 0.1) is 0 Å². The first-order valence-electron chi connectivity index (χ1n) is 32.2. The number of rotatable bonds is 58. The van der Waals surface area contributed by atoms with E-state index in [1.54, 1.807) is 0 Å². The Balaban J connectivity index is 4.18. The third-order valence-corrected chi connectivity index (χ3v) is 13.8. The minimum atomic E-state index is -0.783. The van der Waals surface area contributed by atoms with E-state index in [0.717, 1.165) is 109 Å². The fourth-order valence-corrected chi connectivity index (χ4v) is 8.97. The molecule has 0 heterocycles. The van der Waals surface area contributed by atoms with Gasteiger partial charge in [-0.3, -0.25) is 14.4 Å². The highest BCUT2D eigenvalue weighted by Gasteiger charge is 2.19. The molecule has 6 heteroatoms. The van der Waals surface area contributed by atoms with Crippen LogP contribution in [0, 0.1) is 0 Å². The fraction of sp³-hybridized carbons (Fsp3) is 0.729. The Bertz CT molecular complexity index is 1490. The van der Waals surface area contributed by atoms with E-state index in [0.29, 0.717) is 19.3 Å². The molecular weight excluding hydrogens is 937 g/mol. The number of carbonyl (C=O) groups excluding carboxylic acids is 3. The van der Waals surface area contributed by atoms with Crippen LogP contribution in [0.15, 0.2) is 97.2 Å². The van der Waals surface area contributed by atoms with Gasteiger partial charge in [-0.25, -0.2) is 0 Å². The Morgan fingerprint density at radius 3 is 0.868 bits per heavy atom. The first-order chi connectivity index (χ1) is 37.5. The second kappa shape index (κ2) is 63.9. The van der Waals surface area contributed by atoms with Crippen molar-refractivity contribution >= 4 is 17.9 Å². The maximum atomic E-state index is 12.9. The summed E-state index contributed by atoms with van der Waals surface area (Å²) in [5, 5.41) is 0. The molecule has 1 unspecified atom stereocenters. The van der Waals surface area contributed by atoms with Crippen molar-refractivity contribution in [3.63, 3.8) is 0 Å². The Hall–Kier alpha value is -3.67. The number of hydrogen-bond acceptors (Lipinski definition) is 6. The first kappa shape index (κ1) is 72.3. The van der Waals surface area contributed by atoms with E-state index in [9.17, 15) is 14.4 Å². The van der Waals surface area contributed by atoms with Gasteiger partial charge in [0.15, 0.2) is 6.10 Å². The van der Waals surface area contributed by atoms with E-state index < -0.39 is 6.10 Å². The molecular formula is C70H120O6. The van der Waals surface area contributed by atoms with Gasteiger partial charge in [0, 0.05) is 19.3 Å². The van der Waals surface area contributed by atoms with Gasteiger partial charge < -0.3 is 14.2 Å². The molecule has 1 atom stereocenters. The Labute approximate surface area is 470 Å². The molecule has 0 radical (unpaired) electrons. The Kier molecular flexibility index (Phi) is 60.8. The number of carbonyl (C=O) groups is 3. The average molecular weight is 1060 g/mol. The van der Waals surface area contributed by atoms with E-state index in [2.05, 4.69) is 118 Å². The van der Waals surface area contributed by atoms with Gasteiger partial charge in [-0.15, -0.1) is 0 Å². The van der Waals surface area contributed by atoms with Gasteiger partial charge >= 0.3 is 17.9 Å². The third kappa shape index (κ3) is 61.2. The largest absolute Gasteiger partial charge is 0.462 e. The highest BCUT2D eigenvalue weighted by molar-refractivity contribution is 5.71. The molecule has 0 aromatic rings. The summed E-state index contributed by atoms with van der Waals surface area (Å²) in [5.41, 5.74) is 0. The van der Waals surface area contributed by atoms with Crippen LogP contribution in [0.5, 0.6) is 0 Å². The van der Waals surface area contributed by atoms with Crippen LogP contribution in [0.3, 0.4) is 0 Å². The van der Waals surface area contributed by atoms with Gasteiger partial charge in [0.2, 0.25) is 0 Å². The summed E-state index contributed by atoms with van der Waals surface area (Å²) in [6, 6.07) is 0. The highest BCUT2D eigenvalue weighted by Crippen LogP contribution is 2.16. The van der Waals surface area contributed by atoms with E-state index in [-0.39, 0.29) is 31.1 Å². The van der Waals surface area contributed by atoms with Crippen molar-refractivity contribution < 1.29 is 28.6 Å². The Morgan fingerprint density at radius 2 is 0.539 bits per heavy atom. The molecule has 0 aliphatic heterocycles. The number of ether oxygens (including phenoxy) is 3. The maximum absolute atomic E-state index is 12.9. The standard InChI is InChI=1S/C70H120O6/c1-4-7-10-13-16-19-22-24-26-28-29-30-31-32-33-34-35-36-37-38-39-40-41-43-44-46-48-51-54-57-60-63-69(72)75-66-67(65-74-68(71)62-59-56-53-50-21-18-15-12-9-6-3)76-70(73)64-61-58-55-52-49-47-45-42-27-25-23-20-17-14-11-8-5-2/h7,10,12,15-16,19,24-27,29-30,32-33,35-36,67H,4-6,8-9,11,13-14,17-18,20-23,28,31,34,37-66H2,1-3H3/b10-7-,15-12-,19-16-,26-24-,27-25-,30-29-,33-32-,36-35-. The van der Waals surface area contributed by atoms with Crippen molar-refractivity contribution in [1.29, 1.82) is 0 Å². The molecule has 0 aromatic heterocycles. The fourth-order valence-electron chi connectivity index (χ4n) is 8.97. The van der Waals surface area contributed by atoms with Crippen LogP contribution < -0.4 is 0 Å². The minimum absolute atomic E-state index is 0.0811. The van der Waals surface area contributed by atoms with Gasteiger partial charge in [0.1, 0.15) is 13.2 Å². The van der Waals surface area contributed by atoms with Gasteiger partial charge in [-0.2, -0.15) is 0 Å². The van der Waals surface area contributed by atoms with Crippen LogP contribution in [0.25, 0.3) is 0 Å². The van der Waals surface area contributed by atoms with Crippen molar-refractivity contribution in [3.05, 3.63) is 97.2 Å². The molecule has 0 aromatic carbocycles. The van der Waals surface area contributed by atoms with Crippen LogP contribution in [-0.4, -0.2) is 37.2 Å². The number of unbranched alkanes of at least 4 members (excludes halogenated alkanes) is 31. The van der Waals surface area contributed by atoms with Crippen LogP contribution >= 0.6 is 0 Å². The topological polar surface area (TPSA) is 78.9 Å². The molecule has 0 bridgehead atoms. The molecule has 0 aliphatic rings. The van der Waals surface area contributed by atoms with Crippen molar-refractivity contribution in [2.75, 3.05) is 13.2 Å². The lowest BCUT2D eigenvalue weighted by atomic mass is 10.0.